The molecule has 0 radical (unpaired) electrons. The lowest BCUT2D eigenvalue weighted by Crippen LogP contribution is -2.28. The van der Waals surface area contributed by atoms with Gasteiger partial charge >= 0.3 is 0 Å². The Balaban J connectivity index is 1.36. The summed E-state index contributed by atoms with van der Waals surface area (Å²) in [5, 5.41) is 3.93. The highest BCUT2D eigenvalue weighted by atomic mass is 16.5. The van der Waals surface area contributed by atoms with Crippen molar-refractivity contribution in [3.8, 4) is 0 Å². The Morgan fingerprint density at radius 1 is 1.29 bits per heavy atom. The minimum Gasteiger partial charge on any atom is -0.342 e. The molecule has 1 unspecified atom stereocenters. The maximum absolute atomic E-state index is 12.3. The minimum absolute atomic E-state index is 0.295. The molecule has 1 aliphatic heterocycles. The summed E-state index contributed by atoms with van der Waals surface area (Å²) in [6.07, 6.45) is 5.48. The van der Waals surface area contributed by atoms with Gasteiger partial charge in [0.05, 0.1) is 0 Å². The fourth-order valence-electron chi connectivity index (χ4n) is 3.32. The lowest BCUT2D eigenvalue weighted by atomic mass is 10.0. The van der Waals surface area contributed by atoms with Gasteiger partial charge < -0.3 is 9.42 Å². The second kappa shape index (κ2) is 8.08. The van der Waals surface area contributed by atoms with Crippen LogP contribution in [0.1, 0.15) is 43.0 Å². The molecule has 1 amide bonds. The number of hydrogen-bond donors (Lipinski definition) is 0. The molecule has 5 nitrogen and oxygen atoms in total. The summed E-state index contributed by atoms with van der Waals surface area (Å²) < 4.78 is 4.99. The molecule has 24 heavy (non-hydrogen) atoms. The number of amides is 1. The Morgan fingerprint density at radius 3 is 2.88 bits per heavy atom. The van der Waals surface area contributed by atoms with E-state index >= 15 is 0 Å². The number of nitrogens with zero attached hydrogens (tertiary/aromatic N) is 3. The molecule has 0 aliphatic carbocycles. The van der Waals surface area contributed by atoms with E-state index in [0.29, 0.717) is 24.1 Å². The molecule has 2 heterocycles. The van der Waals surface area contributed by atoms with Gasteiger partial charge in [-0.1, -0.05) is 35.5 Å². The molecule has 2 aromatic rings. The lowest BCUT2D eigenvalue weighted by Gasteiger charge is -2.16. The Hall–Kier alpha value is -2.17. The maximum Gasteiger partial charge on any atom is 0.223 e. The third-order valence-corrected chi connectivity index (χ3v) is 4.68. The third kappa shape index (κ3) is 4.66. The molecule has 0 saturated carbocycles. The minimum atomic E-state index is 0.295. The molecule has 1 fully saturated rings. The SMILES string of the molecule is Cc1nc(CCC2CCN(C(=O)CCCc3ccccc3)C2)no1. The van der Waals surface area contributed by atoms with Crippen molar-refractivity contribution in [2.45, 2.75) is 45.4 Å². The van der Waals surface area contributed by atoms with Gasteiger partial charge in [-0.25, -0.2) is 0 Å². The Morgan fingerprint density at radius 2 is 2.12 bits per heavy atom. The summed E-state index contributed by atoms with van der Waals surface area (Å²) >= 11 is 0. The molecule has 0 N–H and O–H groups in total. The summed E-state index contributed by atoms with van der Waals surface area (Å²) in [7, 11) is 0. The van der Waals surface area contributed by atoms with Crippen LogP contribution in [0.2, 0.25) is 0 Å². The number of carbonyl (C=O) groups excluding carboxylic acids is 1. The highest BCUT2D eigenvalue weighted by Gasteiger charge is 2.25. The quantitative estimate of drug-likeness (QED) is 0.783. The number of benzene rings is 1. The predicted molar refractivity (Wildman–Crippen MR) is 91.4 cm³/mol. The molecule has 1 atom stereocenters. The van der Waals surface area contributed by atoms with Crippen LogP contribution in [0.4, 0.5) is 0 Å². The van der Waals surface area contributed by atoms with Gasteiger partial charge in [-0.05, 0) is 37.2 Å². The summed E-state index contributed by atoms with van der Waals surface area (Å²) in [6, 6.07) is 10.4. The van der Waals surface area contributed by atoms with E-state index in [2.05, 4.69) is 22.3 Å². The van der Waals surface area contributed by atoms with Crippen LogP contribution >= 0.6 is 0 Å². The third-order valence-electron chi connectivity index (χ3n) is 4.68. The first-order valence-electron chi connectivity index (χ1n) is 8.81. The first-order valence-corrected chi connectivity index (χ1v) is 8.81. The van der Waals surface area contributed by atoms with Gasteiger partial charge in [-0.3, -0.25) is 4.79 Å². The van der Waals surface area contributed by atoms with E-state index in [-0.39, 0.29) is 0 Å². The molecule has 0 bridgehead atoms. The highest BCUT2D eigenvalue weighted by molar-refractivity contribution is 5.76. The van der Waals surface area contributed by atoms with E-state index in [1.54, 1.807) is 0 Å². The van der Waals surface area contributed by atoms with E-state index in [1.165, 1.54) is 5.56 Å². The van der Waals surface area contributed by atoms with Crippen molar-refractivity contribution in [3.05, 3.63) is 47.6 Å². The Labute approximate surface area is 143 Å². The molecule has 5 heteroatoms. The fraction of sp³-hybridized carbons (Fsp3) is 0.526. The van der Waals surface area contributed by atoms with Crippen molar-refractivity contribution in [3.63, 3.8) is 0 Å². The van der Waals surface area contributed by atoms with Crippen LogP contribution in [0, 0.1) is 12.8 Å². The number of aryl methyl sites for hydroxylation is 3. The van der Waals surface area contributed by atoms with Gasteiger partial charge in [-0.2, -0.15) is 4.98 Å². The summed E-state index contributed by atoms with van der Waals surface area (Å²) in [4.78, 5) is 18.6. The smallest absolute Gasteiger partial charge is 0.223 e. The molecule has 3 rings (SSSR count). The van der Waals surface area contributed by atoms with E-state index in [1.807, 2.05) is 30.0 Å². The average Bonchev–Trinajstić information content (AvgIpc) is 3.23. The molecular weight excluding hydrogens is 302 g/mol. The van der Waals surface area contributed by atoms with Crippen molar-refractivity contribution in [2.24, 2.45) is 5.92 Å². The van der Waals surface area contributed by atoms with Gasteiger partial charge in [0.2, 0.25) is 11.8 Å². The molecule has 1 aliphatic rings. The maximum atomic E-state index is 12.3. The van der Waals surface area contributed by atoms with Crippen LogP contribution in [0.5, 0.6) is 0 Å². The van der Waals surface area contributed by atoms with Crippen molar-refractivity contribution in [1.29, 1.82) is 0 Å². The largest absolute Gasteiger partial charge is 0.342 e. The highest BCUT2D eigenvalue weighted by Crippen LogP contribution is 2.22. The van der Waals surface area contributed by atoms with Crippen LogP contribution in [0.25, 0.3) is 0 Å². The number of carbonyl (C=O) groups is 1. The van der Waals surface area contributed by atoms with Crippen molar-refractivity contribution in [2.75, 3.05) is 13.1 Å². The van der Waals surface area contributed by atoms with Crippen molar-refractivity contribution in [1.82, 2.24) is 15.0 Å². The number of rotatable bonds is 7. The topological polar surface area (TPSA) is 59.2 Å². The van der Waals surface area contributed by atoms with Crippen molar-refractivity contribution < 1.29 is 9.32 Å². The molecule has 1 aromatic carbocycles. The normalized spacial score (nSPS) is 17.4. The first-order chi connectivity index (χ1) is 11.7. The fourth-order valence-corrected chi connectivity index (χ4v) is 3.32. The Kier molecular flexibility index (Phi) is 5.62. The monoisotopic (exact) mass is 327 g/mol. The summed E-state index contributed by atoms with van der Waals surface area (Å²) in [5.41, 5.74) is 1.31. The molecule has 1 aromatic heterocycles. The standard InChI is InChI=1S/C19H25N3O2/c1-15-20-18(21-24-15)11-10-17-12-13-22(14-17)19(23)9-5-8-16-6-3-2-4-7-16/h2-4,6-7,17H,5,8-14H2,1H3. The Bertz CT molecular complexity index is 654. The number of likely N-dealkylation sites (tertiary alicyclic amines) is 1. The van der Waals surface area contributed by atoms with Crippen molar-refractivity contribution >= 4 is 5.91 Å². The van der Waals surface area contributed by atoms with Gasteiger partial charge in [0, 0.05) is 32.9 Å². The van der Waals surface area contributed by atoms with Crippen LogP contribution in [-0.4, -0.2) is 34.0 Å². The van der Waals surface area contributed by atoms with E-state index in [4.69, 9.17) is 4.52 Å². The van der Waals surface area contributed by atoms with Gasteiger partial charge in [-0.15, -0.1) is 0 Å². The second-order valence-electron chi connectivity index (χ2n) is 6.60. The van der Waals surface area contributed by atoms with E-state index in [9.17, 15) is 4.79 Å². The summed E-state index contributed by atoms with van der Waals surface area (Å²) in [6.45, 7) is 3.57. The molecule has 0 spiro atoms. The zero-order valence-electron chi connectivity index (χ0n) is 14.3. The van der Waals surface area contributed by atoms with Crippen LogP contribution in [0.15, 0.2) is 34.9 Å². The molecular formula is C19H25N3O2. The predicted octanol–water partition coefficient (Wildman–Crippen LogP) is 3.18. The molecule has 128 valence electrons. The number of aromatic nitrogens is 2. The average molecular weight is 327 g/mol. The van der Waals surface area contributed by atoms with E-state index < -0.39 is 0 Å². The van der Waals surface area contributed by atoms with Gasteiger partial charge in [0.25, 0.3) is 0 Å². The van der Waals surface area contributed by atoms with Crippen LogP contribution in [-0.2, 0) is 17.6 Å². The zero-order chi connectivity index (χ0) is 16.8. The van der Waals surface area contributed by atoms with Crippen LogP contribution < -0.4 is 0 Å². The van der Waals surface area contributed by atoms with E-state index in [0.717, 1.165) is 51.0 Å². The number of hydrogen-bond acceptors (Lipinski definition) is 4. The van der Waals surface area contributed by atoms with Gasteiger partial charge in [0.15, 0.2) is 5.82 Å². The second-order valence-corrected chi connectivity index (χ2v) is 6.60. The van der Waals surface area contributed by atoms with Crippen LogP contribution in [0.3, 0.4) is 0 Å². The zero-order valence-corrected chi connectivity index (χ0v) is 14.3. The lowest BCUT2D eigenvalue weighted by molar-refractivity contribution is -0.130. The first kappa shape index (κ1) is 16.7. The molecule has 1 saturated heterocycles. The van der Waals surface area contributed by atoms with Gasteiger partial charge in [0.1, 0.15) is 0 Å². The summed E-state index contributed by atoms with van der Waals surface area (Å²) in [5.74, 6) is 2.25.